The topological polar surface area (TPSA) is 88.9 Å². The van der Waals surface area contributed by atoms with Crippen molar-refractivity contribution in [2.24, 2.45) is 0 Å². The quantitative estimate of drug-likeness (QED) is 0.306. The van der Waals surface area contributed by atoms with Gasteiger partial charge in [-0.05, 0) is 49.1 Å². The molecular formula is C28H27N5O2S. The molecule has 4 aromatic rings. The lowest BCUT2D eigenvalue weighted by Gasteiger charge is -2.12. The van der Waals surface area contributed by atoms with Crippen LogP contribution in [0.1, 0.15) is 40.5 Å². The van der Waals surface area contributed by atoms with E-state index in [9.17, 15) is 9.59 Å². The van der Waals surface area contributed by atoms with Gasteiger partial charge < -0.3 is 10.6 Å². The van der Waals surface area contributed by atoms with Crippen molar-refractivity contribution in [1.29, 1.82) is 0 Å². The Balaban J connectivity index is 1.21. The summed E-state index contributed by atoms with van der Waals surface area (Å²) in [4.78, 5) is 25.6. The van der Waals surface area contributed by atoms with Gasteiger partial charge in [0.15, 0.2) is 5.16 Å². The molecule has 1 aromatic heterocycles. The van der Waals surface area contributed by atoms with E-state index in [1.165, 1.54) is 11.8 Å². The van der Waals surface area contributed by atoms with Gasteiger partial charge in [-0.15, -0.1) is 10.2 Å². The van der Waals surface area contributed by atoms with Gasteiger partial charge in [-0.2, -0.15) is 0 Å². The SMILES string of the molecule is O=C(CSc1nnc(C2CC2)n1-c1ccccc1)Nc1ccccc1C(=O)NCCc1ccccc1. The summed E-state index contributed by atoms with van der Waals surface area (Å²) in [5.74, 6) is 1.10. The number of nitrogens with zero attached hydrogens (tertiary/aromatic N) is 3. The second-order valence-corrected chi connectivity index (χ2v) is 9.60. The summed E-state index contributed by atoms with van der Waals surface area (Å²) in [6.45, 7) is 0.513. The number of aromatic nitrogens is 3. The van der Waals surface area contributed by atoms with E-state index in [4.69, 9.17) is 0 Å². The van der Waals surface area contributed by atoms with Crippen molar-refractivity contribution < 1.29 is 9.59 Å². The number of nitrogens with one attached hydrogen (secondary N) is 2. The van der Waals surface area contributed by atoms with E-state index in [0.29, 0.717) is 28.9 Å². The number of amides is 2. The number of anilines is 1. The van der Waals surface area contributed by atoms with E-state index in [1.807, 2.05) is 65.2 Å². The Morgan fingerprint density at radius 2 is 1.58 bits per heavy atom. The summed E-state index contributed by atoms with van der Waals surface area (Å²) < 4.78 is 2.05. The molecule has 8 heteroatoms. The highest BCUT2D eigenvalue weighted by Gasteiger charge is 2.31. The van der Waals surface area contributed by atoms with Crippen LogP contribution in [0.4, 0.5) is 5.69 Å². The Kier molecular flexibility index (Phi) is 7.42. The molecule has 1 saturated carbocycles. The third-order valence-electron chi connectivity index (χ3n) is 5.94. The highest BCUT2D eigenvalue weighted by molar-refractivity contribution is 7.99. The number of para-hydroxylation sites is 2. The molecule has 1 aliphatic carbocycles. The fourth-order valence-electron chi connectivity index (χ4n) is 3.97. The Bertz CT molecular complexity index is 1340. The first-order valence-corrected chi connectivity index (χ1v) is 13.0. The molecule has 182 valence electrons. The van der Waals surface area contributed by atoms with E-state index in [0.717, 1.165) is 36.3 Å². The normalized spacial score (nSPS) is 12.8. The number of benzene rings is 3. The smallest absolute Gasteiger partial charge is 0.253 e. The van der Waals surface area contributed by atoms with Crippen molar-refractivity contribution in [3.05, 3.63) is 102 Å². The summed E-state index contributed by atoms with van der Waals surface area (Å²) in [6.07, 6.45) is 2.96. The molecule has 0 aliphatic heterocycles. The Morgan fingerprint density at radius 3 is 2.33 bits per heavy atom. The molecule has 0 atom stereocenters. The molecule has 3 aromatic carbocycles. The minimum absolute atomic E-state index is 0.152. The van der Waals surface area contributed by atoms with Crippen LogP contribution < -0.4 is 10.6 Å². The number of hydrogen-bond acceptors (Lipinski definition) is 5. The van der Waals surface area contributed by atoms with Crippen molar-refractivity contribution in [2.45, 2.75) is 30.3 Å². The zero-order valence-electron chi connectivity index (χ0n) is 19.8. The van der Waals surface area contributed by atoms with E-state index in [2.05, 4.69) is 20.8 Å². The lowest BCUT2D eigenvalue weighted by Crippen LogP contribution is -2.27. The summed E-state index contributed by atoms with van der Waals surface area (Å²) >= 11 is 1.34. The zero-order valence-corrected chi connectivity index (χ0v) is 20.6. The van der Waals surface area contributed by atoms with E-state index in [-0.39, 0.29) is 17.6 Å². The average molecular weight is 498 g/mol. The van der Waals surface area contributed by atoms with Gasteiger partial charge in [-0.3, -0.25) is 14.2 Å². The minimum Gasteiger partial charge on any atom is -0.352 e. The third kappa shape index (κ3) is 5.83. The van der Waals surface area contributed by atoms with Gasteiger partial charge in [0.1, 0.15) is 5.82 Å². The first kappa shape index (κ1) is 23.8. The molecule has 36 heavy (non-hydrogen) atoms. The first-order chi connectivity index (χ1) is 17.7. The molecule has 0 saturated heterocycles. The molecule has 0 radical (unpaired) electrons. The highest BCUT2D eigenvalue weighted by Crippen LogP contribution is 2.41. The number of thioether (sulfide) groups is 1. The Labute approximate surface area is 214 Å². The number of rotatable bonds is 10. The monoisotopic (exact) mass is 497 g/mol. The van der Waals surface area contributed by atoms with Crippen LogP contribution in [0.2, 0.25) is 0 Å². The van der Waals surface area contributed by atoms with E-state index in [1.54, 1.807) is 24.3 Å². The molecule has 0 bridgehead atoms. The van der Waals surface area contributed by atoms with Crippen LogP contribution in [0.15, 0.2) is 90.1 Å². The van der Waals surface area contributed by atoms with Crippen LogP contribution in [0.5, 0.6) is 0 Å². The van der Waals surface area contributed by atoms with Gasteiger partial charge in [-0.25, -0.2) is 0 Å². The summed E-state index contributed by atoms with van der Waals surface area (Å²) in [5.41, 5.74) is 3.07. The standard InChI is InChI=1S/C28H27N5O2S/c34-25(19-36-28-32-31-26(21-15-16-21)33(28)22-11-5-2-6-12-22)30-24-14-8-7-13-23(24)27(35)29-18-17-20-9-3-1-4-10-20/h1-14,21H,15-19H2,(H,29,35)(H,30,34). The molecule has 0 unspecified atom stereocenters. The maximum atomic E-state index is 12.8. The van der Waals surface area contributed by atoms with E-state index >= 15 is 0 Å². The summed E-state index contributed by atoms with van der Waals surface area (Å²) in [6, 6.07) is 27.0. The molecule has 1 fully saturated rings. The van der Waals surface area contributed by atoms with Crippen molar-refractivity contribution >= 4 is 29.3 Å². The third-order valence-corrected chi connectivity index (χ3v) is 6.86. The van der Waals surface area contributed by atoms with Crippen molar-refractivity contribution in [3.63, 3.8) is 0 Å². The first-order valence-electron chi connectivity index (χ1n) is 12.0. The van der Waals surface area contributed by atoms with Crippen molar-refractivity contribution in [3.8, 4) is 5.69 Å². The number of carbonyl (C=O) groups is 2. The van der Waals surface area contributed by atoms with Crippen LogP contribution >= 0.6 is 11.8 Å². The summed E-state index contributed by atoms with van der Waals surface area (Å²) in [5, 5.41) is 15.3. The predicted molar refractivity (Wildman–Crippen MR) is 142 cm³/mol. The molecule has 2 amide bonds. The molecule has 7 nitrogen and oxygen atoms in total. The fourth-order valence-corrected chi connectivity index (χ4v) is 4.73. The number of hydrogen-bond donors (Lipinski definition) is 2. The van der Waals surface area contributed by atoms with Gasteiger partial charge in [0, 0.05) is 18.2 Å². The molecule has 2 N–H and O–H groups in total. The lowest BCUT2D eigenvalue weighted by molar-refractivity contribution is -0.113. The van der Waals surface area contributed by atoms with Crippen molar-refractivity contribution in [1.82, 2.24) is 20.1 Å². The predicted octanol–water partition coefficient (Wildman–Crippen LogP) is 4.85. The molecule has 1 heterocycles. The van der Waals surface area contributed by atoms with Gasteiger partial charge >= 0.3 is 0 Å². The second-order valence-electron chi connectivity index (χ2n) is 8.66. The van der Waals surface area contributed by atoms with Crippen LogP contribution in [-0.2, 0) is 11.2 Å². The maximum absolute atomic E-state index is 12.8. The average Bonchev–Trinajstić information content (AvgIpc) is 3.67. The highest BCUT2D eigenvalue weighted by atomic mass is 32.2. The Hall–Kier alpha value is -3.91. The maximum Gasteiger partial charge on any atom is 0.253 e. The van der Waals surface area contributed by atoms with E-state index < -0.39 is 0 Å². The number of carbonyl (C=O) groups excluding carboxylic acids is 2. The largest absolute Gasteiger partial charge is 0.352 e. The fraction of sp³-hybridized carbons (Fsp3) is 0.214. The second kappa shape index (κ2) is 11.2. The molecule has 5 rings (SSSR count). The molecule has 0 spiro atoms. The van der Waals surface area contributed by atoms with Crippen LogP contribution in [0.25, 0.3) is 5.69 Å². The van der Waals surface area contributed by atoms with Crippen LogP contribution in [0.3, 0.4) is 0 Å². The van der Waals surface area contributed by atoms with Crippen LogP contribution in [0, 0.1) is 0 Å². The van der Waals surface area contributed by atoms with Gasteiger partial charge in [0.05, 0.1) is 17.0 Å². The molecule has 1 aliphatic rings. The minimum atomic E-state index is -0.215. The summed E-state index contributed by atoms with van der Waals surface area (Å²) in [7, 11) is 0. The van der Waals surface area contributed by atoms with Crippen molar-refractivity contribution in [2.75, 3.05) is 17.6 Å². The molecular weight excluding hydrogens is 470 g/mol. The zero-order chi connectivity index (χ0) is 24.7. The van der Waals surface area contributed by atoms with Gasteiger partial charge in [0.25, 0.3) is 5.91 Å². The van der Waals surface area contributed by atoms with Gasteiger partial charge in [-0.1, -0.05) is 72.4 Å². The lowest BCUT2D eigenvalue weighted by atomic mass is 10.1. The van der Waals surface area contributed by atoms with Crippen LogP contribution in [-0.4, -0.2) is 38.9 Å². The Morgan fingerprint density at radius 1 is 0.889 bits per heavy atom. The van der Waals surface area contributed by atoms with Gasteiger partial charge in [0.2, 0.25) is 5.91 Å².